The molecule has 2 aromatic heterocycles. The van der Waals surface area contributed by atoms with E-state index in [1.165, 1.54) is 11.1 Å². The van der Waals surface area contributed by atoms with Gasteiger partial charge in [-0.2, -0.15) is 5.26 Å². The molecule has 6 rings (SSSR count). The van der Waals surface area contributed by atoms with Crippen LogP contribution in [0.5, 0.6) is 0 Å². The number of nitrogens with zero attached hydrogens (tertiary/aromatic N) is 5. The number of rotatable bonds is 6. The number of nitrogens with two attached hydrogens (primary N) is 1. The quantitative estimate of drug-likeness (QED) is 0.408. The number of hydrogen-bond acceptors (Lipinski definition) is 5. The van der Waals surface area contributed by atoms with Gasteiger partial charge in [-0.25, -0.2) is 4.98 Å². The first kappa shape index (κ1) is 25.7. The van der Waals surface area contributed by atoms with Crippen molar-refractivity contribution >= 4 is 28.4 Å². The Morgan fingerprint density at radius 3 is 2.50 bits per heavy atom. The summed E-state index contributed by atoms with van der Waals surface area (Å²) in [6.07, 6.45) is 4.50. The molecule has 0 atom stereocenters. The van der Waals surface area contributed by atoms with E-state index in [4.69, 9.17) is 10.7 Å². The first-order valence-corrected chi connectivity index (χ1v) is 13.3. The number of carbonyl (C=O) groups excluding carboxylic acids is 1. The Hall–Kier alpha value is -3.89. The molecule has 7 heteroatoms. The number of amides is 1. The Labute approximate surface area is 224 Å². The van der Waals surface area contributed by atoms with Crippen LogP contribution in [-0.4, -0.2) is 46.4 Å². The van der Waals surface area contributed by atoms with Gasteiger partial charge in [0.25, 0.3) is 0 Å². The molecule has 2 aliphatic heterocycles. The third-order valence-corrected chi connectivity index (χ3v) is 8.08. The zero-order valence-corrected chi connectivity index (χ0v) is 21.1. The number of benzene rings is 2. The molecule has 2 aliphatic rings. The zero-order valence-electron chi connectivity index (χ0n) is 21.1. The van der Waals surface area contributed by atoms with Crippen LogP contribution in [0.15, 0.2) is 54.6 Å². The second-order valence-corrected chi connectivity index (χ2v) is 10.3. The van der Waals surface area contributed by atoms with Gasteiger partial charge in [0.15, 0.2) is 5.65 Å². The first-order valence-electron chi connectivity index (χ1n) is 13.3. The van der Waals surface area contributed by atoms with Crippen molar-refractivity contribution in [1.29, 1.82) is 5.26 Å². The second-order valence-electron chi connectivity index (χ2n) is 10.3. The van der Waals surface area contributed by atoms with E-state index in [0.29, 0.717) is 5.56 Å². The molecule has 0 spiro atoms. The van der Waals surface area contributed by atoms with Gasteiger partial charge in [-0.15, -0.1) is 0 Å². The first-order chi connectivity index (χ1) is 18.1. The molecule has 0 radical (unpaired) electrons. The number of fused-ring (bicyclic) bond motifs is 4. The Bertz CT molecular complexity index is 1490. The number of piperidine rings is 1. The highest BCUT2D eigenvalue weighted by Gasteiger charge is 2.32. The molecule has 1 fully saturated rings. The molecule has 0 unspecified atom stereocenters. The van der Waals surface area contributed by atoms with Gasteiger partial charge in [0, 0.05) is 37.7 Å². The van der Waals surface area contributed by atoms with Crippen molar-refractivity contribution in [1.82, 2.24) is 14.3 Å². The highest BCUT2D eigenvalue weighted by atomic mass is 16.1. The lowest BCUT2D eigenvalue weighted by Crippen LogP contribution is -2.41. The number of para-hydroxylation sites is 2. The van der Waals surface area contributed by atoms with Crippen molar-refractivity contribution in [2.75, 3.05) is 31.1 Å². The van der Waals surface area contributed by atoms with Crippen LogP contribution in [0.1, 0.15) is 48.9 Å². The van der Waals surface area contributed by atoms with E-state index in [1.807, 2.05) is 18.2 Å². The molecular formula is C31H36N6O. The van der Waals surface area contributed by atoms with Crippen molar-refractivity contribution in [2.45, 2.75) is 46.1 Å². The zero-order chi connectivity index (χ0) is 25.4. The molecule has 0 saturated carbocycles. The summed E-state index contributed by atoms with van der Waals surface area (Å²) < 4.78 is 2.20. The summed E-state index contributed by atoms with van der Waals surface area (Å²) in [4.78, 5) is 21.7. The second kappa shape index (κ2) is 10.8. The van der Waals surface area contributed by atoms with Gasteiger partial charge >= 0.3 is 0 Å². The number of pyridine rings is 1. The summed E-state index contributed by atoms with van der Waals surface area (Å²) in [5, 5.41) is 10.3. The third kappa shape index (κ3) is 4.61. The number of anilines is 1. The number of aromatic nitrogens is 2. The molecule has 196 valence electrons. The van der Waals surface area contributed by atoms with Crippen LogP contribution in [0, 0.1) is 17.2 Å². The van der Waals surface area contributed by atoms with Crippen LogP contribution in [0.4, 0.5) is 5.82 Å². The molecule has 38 heavy (non-hydrogen) atoms. The van der Waals surface area contributed by atoms with E-state index in [1.54, 1.807) is 0 Å². The summed E-state index contributed by atoms with van der Waals surface area (Å²) >= 11 is 0. The molecule has 7 nitrogen and oxygen atoms in total. The van der Waals surface area contributed by atoms with Crippen LogP contribution < -0.4 is 10.6 Å². The lowest BCUT2D eigenvalue weighted by Gasteiger charge is -2.38. The summed E-state index contributed by atoms with van der Waals surface area (Å²) in [7, 11) is 0. The van der Waals surface area contributed by atoms with Crippen molar-refractivity contribution < 1.29 is 4.79 Å². The predicted molar refractivity (Wildman–Crippen MR) is 152 cm³/mol. The fourth-order valence-corrected chi connectivity index (χ4v) is 6.15. The maximum Gasteiger partial charge on any atom is 0.220 e. The number of primary amides is 1. The lowest BCUT2D eigenvalue weighted by molar-refractivity contribution is -0.122. The predicted octanol–water partition coefficient (Wildman–Crippen LogP) is 4.69. The minimum absolute atomic E-state index is 0. The minimum atomic E-state index is -0.204. The normalized spacial score (nSPS) is 16.2. The highest BCUT2D eigenvalue weighted by molar-refractivity contribution is 5.86. The molecule has 0 bridgehead atoms. The van der Waals surface area contributed by atoms with Gasteiger partial charge in [0.2, 0.25) is 5.91 Å². The molecule has 2 aromatic carbocycles. The minimum Gasteiger partial charge on any atom is -0.369 e. The molecule has 1 amide bonds. The van der Waals surface area contributed by atoms with Crippen LogP contribution in [-0.2, 0) is 24.2 Å². The number of hydrogen-bond donors (Lipinski definition) is 1. The van der Waals surface area contributed by atoms with Gasteiger partial charge in [-0.05, 0) is 61.9 Å². The summed E-state index contributed by atoms with van der Waals surface area (Å²) in [5.41, 5.74) is 12.7. The number of aryl methyl sites for hydroxylation is 1. The van der Waals surface area contributed by atoms with E-state index in [-0.39, 0.29) is 19.3 Å². The van der Waals surface area contributed by atoms with Crippen LogP contribution in [0.25, 0.3) is 16.7 Å². The van der Waals surface area contributed by atoms with Crippen molar-refractivity contribution in [3.8, 4) is 6.07 Å². The van der Waals surface area contributed by atoms with Crippen LogP contribution >= 0.6 is 0 Å². The summed E-state index contributed by atoms with van der Waals surface area (Å²) in [5.74, 6) is 0.854. The van der Waals surface area contributed by atoms with Crippen LogP contribution in [0.3, 0.4) is 0 Å². The van der Waals surface area contributed by atoms with E-state index in [2.05, 4.69) is 56.7 Å². The summed E-state index contributed by atoms with van der Waals surface area (Å²) in [6.45, 7) is 4.30. The Balaban J connectivity index is 0.00000294. The van der Waals surface area contributed by atoms with Crippen molar-refractivity contribution in [3.05, 3.63) is 76.9 Å². The molecule has 4 aromatic rings. The largest absolute Gasteiger partial charge is 0.369 e. The molecular weight excluding hydrogens is 472 g/mol. The number of nitriles is 1. The topological polar surface area (TPSA) is 90.7 Å². The fourth-order valence-electron chi connectivity index (χ4n) is 6.15. The Kier molecular flexibility index (Phi) is 7.35. The Morgan fingerprint density at radius 2 is 1.76 bits per heavy atom. The van der Waals surface area contributed by atoms with Gasteiger partial charge in [-0.1, -0.05) is 49.9 Å². The number of carbonyl (C=O) groups is 1. The average molecular weight is 509 g/mol. The maximum absolute atomic E-state index is 11.9. The summed E-state index contributed by atoms with van der Waals surface area (Å²) in [6, 6.07) is 21.3. The fraction of sp³-hybridized carbons (Fsp3) is 0.387. The van der Waals surface area contributed by atoms with E-state index >= 15 is 0 Å². The van der Waals surface area contributed by atoms with Gasteiger partial charge in [0.1, 0.15) is 11.9 Å². The molecule has 0 aliphatic carbocycles. The highest BCUT2D eigenvalue weighted by Crippen LogP contribution is 2.38. The van der Waals surface area contributed by atoms with Gasteiger partial charge < -0.3 is 10.6 Å². The molecule has 2 N–H and O–H groups in total. The van der Waals surface area contributed by atoms with E-state index < -0.39 is 0 Å². The average Bonchev–Trinajstić information content (AvgIpc) is 3.31. The van der Waals surface area contributed by atoms with Gasteiger partial charge in [-0.3, -0.25) is 14.1 Å². The van der Waals surface area contributed by atoms with Crippen molar-refractivity contribution in [2.24, 2.45) is 11.7 Å². The van der Waals surface area contributed by atoms with Crippen LogP contribution in [0.2, 0.25) is 0 Å². The standard InChI is InChI=1S/C30H32N6O.CH4/c31-19-24-23-14-16-34(15-6-9-21-7-2-1-3-8-21)20-25(23)30(35-17-12-22(13-18-35)28(32)37)36-27-11-5-4-10-26(27)33-29(24)36;/h1-5,7-8,10-11,22H,6,9,12-18,20H2,(H2,32,37);1H4. The SMILES string of the molecule is C.N#Cc1c2c(c(N3CCC(C(N)=O)CC3)n3c1nc1ccccc13)CN(CCCc1ccccc1)CC2. The lowest BCUT2D eigenvalue weighted by atomic mass is 9.92. The van der Waals surface area contributed by atoms with Crippen molar-refractivity contribution in [3.63, 3.8) is 0 Å². The van der Waals surface area contributed by atoms with E-state index in [9.17, 15) is 10.1 Å². The smallest absolute Gasteiger partial charge is 0.220 e. The maximum atomic E-state index is 11.9. The van der Waals surface area contributed by atoms with E-state index in [0.717, 1.165) is 92.9 Å². The number of imidazole rings is 1. The third-order valence-electron chi connectivity index (χ3n) is 8.08. The van der Waals surface area contributed by atoms with Gasteiger partial charge in [0.05, 0.1) is 16.6 Å². The Morgan fingerprint density at radius 1 is 1.03 bits per heavy atom. The molecule has 4 heterocycles. The monoisotopic (exact) mass is 508 g/mol. The molecule has 1 saturated heterocycles.